The van der Waals surface area contributed by atoms with Crippen LogP contribution in [0, 0.1) is 11.0 Å². The standard InChI is InChI=1S/C9H8FN3O/c1-2-9-11-7-4-3-6(10)5-8(7)13(14)12-9/h3-5H,2H2,1H3. The lowest BCUT2D eigenvalue weighted by Gasteiger charge is -2.00. The number of halogens is 1. The third-order valence-electron chi connectivity index (χ3n) is 1.92. The molecular weight excluding hydrogens is 185 g/mol. The van der Waals surface area contributed by atoms with Gasteiger partial charge in [0.1, 0.15) is 11.3 Å². The van der Waals surface area contributed by atoms with E-state index >= 15 is 0 Å². The molecule has 0 saturated heterocycles. The summed E-state index contributed by atoms with van der Waals surface area (Å²) >= 11 is 0. The first-order valence-corrected chi connectivity index (χ1v) is 4.26. The number of fused-ring (bicyclic) bond motifs is 1. The van der Waals surface area contributed by atoms with E-state index in [2.05, 4.69) is 10.1 Å². The van der Waals surface area contributed by atoms with Gasteiger partial charge in [-0.2, -0.15) is 0 Å². The smallest absolute Gasteiger partial charge is 0.273 e. The van der Waals surface area contributed by atoms with Crippen molar-refractivity contribution in [1.29, 1.82) is 0 Å². The maximum absolute atomic E-state index is 12.8. The highest BCUT2D eigenvalue weighted by Gasteiger charge is 2.10. The molecule has 0 atom stereocenters. The zero-order valence-electron chi connectivity index (χ0n) is 7.57. The van der Waals surface area contributed by atoms with Gasteiger partial charge < -0.3 is 5.21 Å². The number of aromatic nitrogens is 3. The summed E-state index contributed by atoms with van der Waals surface area (Å²) in [5.74, 6) is -0.00550. The van der Waals surface area contributed by atoms with E-state index in [0.717, 1.165) is 6.07 Å². The van der Waals surface area contributed by atoms with Gasteiger partial charge in [-0.25, -0.2) is 9.37 Å². The van der Waals surface area contributed by atoms with Crippen molar-refractivity contribution in [2.24, 2.45) is 0 Å². The van der Waals surface area contributed by atoms with Gasteiger partial charge in [-0.05, 0) is 17.0 Å². The molecule has 2 rings (SSSR count). The zero-order chi connectivity index (χ0) is 10.1. The summed E-state index contributed by atoms with van der Waals surface area (Å²) in [6.45, 7) is 1.85. The molecule has 72 valence electrons. The average Bonchev–Trinajstić information content (AvgIpc) is 2.19. The first-order valence-electron chi connectivity index (χ1n) is 4.26. The number of benzene rings is 1. The highest BCUT2D eigenvalue weighted by Crippen LogP contribution is 2.08. The molecule has 1 aromatic carbocycles. The topological polar surface area (TPSA) is 52.7 Å². The molecule has 0 unspecified atom stereocenters. The highest BCUT2D eigenvalue weighted by atomic mass is 19.1. The molecular formula is C9H8FN3O. The molecule has 1 heterocycles. The van der Waals surface area contributed by atoms with Crippen LogP contribution in [0.15, 0.2) is 18.2 Å². The van der Waals surface area contributed by atoms with Crippen LogP contribution in [0.4, 0.5) is 4.39 Å². The van der Waals surface area contributed by atoms with Gasteiger partial charge in [-0.1, -0.05) is 6.92 Å². The van der Waals surface area contributed by atoms with Gasteiger partial charge in [0.25, 0.3) is 5.52 Å². The predicted molar refractivity (Wildman–Crippen MR) is 47.8 cm³/mol. The summed E-state index contributed by atoms with van der Waals surface area (Å²) in [4.78, 5) is 4.50. The molecule has 0 saturated carbocycles. The first-order chi connectivity index (χ1) is 6.70. The quantitative estimate of drug-likeness (QED) is 0.500. The van der Waals surface area contributed by atoms with Gasteiger partial charge in [-0.3, -0.25) is 0 Å². The molecule has 0 amide bonds. The minimum absolute atomic E-state index is 0.155. The minimum Gasteiger partial charge on any atom is -0.594 e. The van der Waals surface area contributed by atoms with E-state index in [1.807, 2.05) is 6.92 Å². The van der Waals surface area contributed by atoms with E-state index < -0.39 is 5.82 Å². The Morgan fingerprint density at radius 1 is 1.50 bits per heavy atom. The van der Waals surface area contributed by atoms with Crippen LogP contribution in [0.2, 0.25) is 0 Å². The van der Waals surface area contributed by atoms with Crippen molar-refractivity contribution in [3.63, 3.8) is 0 Å². The molecule has 4 nitrogen and oxygen atoms in total. The van der Waals surface area contributed by atoms with Crippen LogP contribution in [0.25, 0.3) is 11.0 Å². The third-order valence-corrected chi connectivity index (χ3v) is 1.92. The lowest BCUT2D eigenvalue weighted by atomic mass is 10.3. The minimum atomic E-state index is -0.463. The Balaban J connectivity index is 2.76. The fourth-order valence-corrected chi connectivity index (χ4v) is 1.21. The van der Waals surface area contributed by atoms with Crippen molar-refractivity contribution in [1.82, 2.24) is 10.1 Å². The third kappa shape index (κ3) is 1.37. The van der Waals surface area contributed by atoms with Crippen molar-refractivity contribution in [2.75, 3.05) is 0 Å². The molecule has 0 radical (unpaired) electrons. The second-order valence-electron chi connectivity index (χ2n) is 2.89. The van der Waals surface area contributed by atoms with Crippen molar-refractivity contribution in [3.05, 3.63) is 35.0 Å². The summed E-state index contributed by atoms with van der Waals surface area (Å²) in [5, 5.41) is 15.0. The first kappa shape index (κ1) is 8.80. The normalized spacial score (nSPS) is 10.7. The van der Waals surface area contributed by atoms with Crippen LogP contribution < -0.4 is 4.85 Å². The largest absolute Gasteiger partial charge is 0.594 e. The average molecular weight is 193 g/mol. The van der Waals surface area contributed by atoms with E-state index in [0.29, 0.717) is 22.6 Å². The van der Waals surface area contributed by atoms with Gasteiger partial charge in [0.2, 0.25) is 0 Å². The van der Waals surface area contributed by atoms with Crippen LogP contribution in [0.1, 0.15) is 12.7 Å². The molecule has 0 fully saturated rings. The molecule has 0 aliphatic heterocycles. The SMILES string of the molecule is CCc1nc2ccc(F)cc2[n+]([O-])n1. The Kier molecular flexibility index (Phi) is 1.99. The van der Waals surface area contributed by atoms with Crippen molar-refractivity contribution in [2.45, 2.75) is 13.3 Å². The second-order valence-corrected chi connectivity index (χ2v) is 2.89. The van der Waals surface area contributed by atoms with Gasteiger partial charge in [-0.15, -0.1) is 0 Å². The molecule has 0 aliphatic rings. The van der Waals surface area contributed by atoms with E-state index in [4.69, 9.17) is 0 Å². The molecule has 0 aliphatic carbocycles. The number of nitrogens with zero attached hydrogens (tertiary/aromatic N) is 3. The van der Waals surface area contributed by atoms with Crippen LogP contribution in [0.5, 0.6) is 0 Å². The van der Waals surface area contributed by atoms with E-state index in [1.165, 1.54) is 12.1 Å². The van der Waals surface area contributed by atoms with Crippen LogP contribution in [-0.4, -0.2) is 10.1 Å². The Morgan fingerprint density at radius 2 is 2.29 bits per heavy atom. The molecule has 5 heteroatoms. The van der Waals surface area contributed by atoms with Crippen molar-refractivity contribution >= 4 is 11.0 Å². The van der Waals surface area contributed by atoms with E-state index in [9.17, 15) is 9.60 Å². The Labute approximate surface area is 79.6 Å². The molecule has 0 spiro atoms. The van der Waals surface area contributed by atoms with Crippen LogP contribution >= 0.6 is 0 Å². The highest BCUT2D eigenvalue weighted by molar-refractivity contribution is 5.70. The fraction of sp³-hybridized carbons (Fsp3) is 0.222. The summed E-state index contributed by atoms with van der Waals surface area (Å²) < 4.78 is 12.8. The lowest BCUT2D eigenvalue weighted by molar-refractivity contribution is -0.644. The Bertz CT molecular complexity index is 487. The number of aryl methyl sites for hydroxylation is 1. The van der Waals surface area contributed by atoms with E-state index in [-0.39, 0.29) is 5.52 Å². The Morgan fingerprint density at radius 3 is 3.00 bits per heavy atom. The maximum Gasteiger partial charge on any atom is 0.273 e. The summed E-state index contributed by atoms with van der Waals surface area (Å²) in [5.41, 5.74) is 0.621. The second kappa shape index (κ2) is 3.17. The van der Waals surface area contributed by atoms with E-state index in [1.54, 1.807) is 0 Å². The van der Waals surface area contributed by atoms with Crippen molar-refractivity contribution < 1.29 is 9.24 Å². The van der Waals surface area contributed by atoms with Crippen molar-refractivity contribution in [3.8, 4) is 0 Å². The number of rotatable bonds is 1. The molecule has 1 aromatic heterocycles. The summed E-state index contributed by atoms with van der Waals surface area (Å²) in [6, 6.07) is 3.87. The lowest BCUT2D eigenvalue weighted by Crippen LogP contribution is -2.34. The molecule has 0 N–H and O–H groups in total. The zero-order valence-corrected chi connectivity index (χ0v) is 7.57. The van der Waals surface area contributed by atoms with Crippen LogP contribution in [-0.2, 0) is 6.42 Å². The fourth-order valence-electron chi connectivity index (χ4n) is 1.21. The monoisotopic (exact) mass is 193 g/mol. The van der Waals surface area contributed by atoms with Crippen LogP contribution in [0.3, 0.4) is 0 Å². The van der Waals surface area contributed by atoms with Gasteiger partial charge in [0.05, 0.1) is 6.07 Å². The summed E-state index contributed by atoms with van der Waals surface area (Å²) in [6.07, 6.45) is 0.579. The van der Waals surface area contributed by atoms with Gasteiger partial charge >= 0.3 is 0 Å². The number of hydrogen-bond donors (Lipinski definition) is 0. The predicted octanol–water partition coefficient (Wildman–Crippen LogP) is 0.965. The summed E-state index contributed by atoms with van der Waals surface area (Å²) in [7, 11) is 0. The van der Waals surface area contributed by atoms with Gasteiger partial charge in [0.15, 0.2) is 5.82 Å². The van der Waals surface area contributed by atoms with Gasteiger partial charge in [0, 0.05) is 11.5 Å². The molecule has 2 aromatic rings. The molecule has 14 heavy (non-hydrogen) atoms. The molecule has 0 bridgehead atoms. The maximum atomic E-state index is 12.8. The Hall–Kier alpha value is -1.78. The number of hydrogen-bond acceptors (Lipinski definition) is 3.